The van der Waals surface area contributed by atoms with Gasteiger partial charge in [0.2, 0.25) is 5.91 Å². The molecule has 1 aromatic carbocycles. The highest BCUT2D eigenvalue weighted by Gasteiger charge is 2.23. The van der Waals surface area contributed by atoms with Crippen LogP contribution in [0.1, 0.15) is 13.8 Å². The highest BCUT2D eigenvalue weighted by atomic mass is 19.2. The average Bonchev–Trinajstić information content (AvgIpc) is 2.30. The van der Waals surface area contributed by atoms with Crippen molar-refractivity contribution in [2.75, 3.05) is 5.32 Å². The topological polar surface area (TPSA) is 52.9 Å². The number of hydrogen-bond donors (Lipinski definition) is 1. The number of anilines is 1. The van der Waals surface area contributed by atoms with Gasteiger partial charge < -0.3 is 5.32 Å². The molecule has 1 N–H and O–H groups in total. The van der Waals surface area contributed by atoms with E-state index in [0.717, 1.165) is 6.07 Å². The van der Waals surface area contributed by atoms with Gasteiger partial charge in [-0.3, -0.25) is 4.79 Å². The minimum absolute atomic E-state index is 0.275. The Morgan fingerprint density at radius 3 is 2.39 bits per heavy atom. The number of halogens is 3. The van der Waals surface area contributed by atoms with Crippen LogP contribution in [-0.4, -0.2) is 5.91 Å². The lowest BCUT2D eigenvalue weighted by atomic mass is 9.96. The highest BCUT2D eigenvalue weighted by Crippen LogP contribution is 2.21. The van der Waals surface area contributed by atoms with Gasteiger partial charge in [0.25, 0.3) is 0 Å². The van der Waals surface area contributed by atoms with Gasteiger partial charge in [-0.25, -0.2) is 13.2 Å². The number of rotatable bonds is 3. The quantitative estimate of drug-likeness (QED) is 0.845. The van der Waals surface area contributed by atoms with E-state index in [1.165, 1.54) is 0 Å². The Kier molecular flexibility index (Phi) is 4.32. The maximum absolute atomic E-state index is 13.3. The van der Waals surface area contributed by atoms with Crippen molar-refractivity contribution in [3.8, 4) is 6.07 Å². The molecule has 3 nitrogen and oxygen atoms in total. The molecule has 1 aromatic rings. The van der Waals surface area contributed by atoms with E-state index in [0.29, 0.717) is 6.07 Å². The summed E-state index contributed by atoms with van der Waals surface area (Å²) in [6.45, 7) is 3.30. The molecular formula is C12H11F3N2O. The van der Waals surface area contributed by atoms with Crippen LogP contribution in [0.25, 0.3) is 0 Å². The zero-order chi connectivity index (χ0) is 13.9. The van der Waals surface area contributed by atoms with Crippen LogP contribution >= 0.6 is 0 Å². The SMILES string of the molecule is CC(C)C(C#N)C(=O)Nc1ccc(F)c(F)c1F. The number of nitrogens with zero attached hydrogens (tertiary/aromatic N) is 1. The summed E-state index contributed by atoms with van der Waals surface area (Å²) < 4.78 is 38.9. The van der Waals surface area contributed by atoms with E-state index in [9.17, 15) is 18.0 Å². The Bertz CT molecular complexity index is 509. The van der Waals surface area contributed by atoms with Gasteiger partial charge in [-0.2, -0.15) is 5.26 Å². The third kappa shape index (κ3) is 2.80. The molecule has 0 bridgehead atoms. The van der Waals surface area contributed by atoms with Crippen molar-refractivity contribution in [1.82, 2.24) is 0 Å². The predicted octanol–water partition coefficient (Wildman–Crippen LogP) is 2.84. The second-order valence-corrected chi connectivity index (χ2v) is 4.06. The first-order valence-corrected chi connectivity index (χ1v) is 5.22. The smallest absolute Gasteiger partial charge is 0.242 e. The van der Waals surface area contributed by atoms with E-state index in [4.69, 9.17) is 5.26 Å². The van der Waals surface area contributed by atoms with E-state index >= 15 is 0 Å². The number of carbonyl (C=O) groups is 1. The molecule has 96 valence electrons. The summed E-state index contributed by atoms with van der Waals surface area (Å²) in [5, 5.41) is 10.8. The predicted molar refractivity (Wildman–Crippen MR) is 58.9 cm³/mol. The average molecular weight is 256 g/mol. The fraction of sp³-hybridized carbons (Fsp3) is 0.333. The molecule has 1 atom stereocenters. The normalized spacial score (nSPS) is 12.1. The van der Waals surface area contributed by atoms with Crippen molar-refractivity contribution in [3.63, 3.8) is 0 Å². The van der Waals surface area contributed by atoms with Gasteiger partial charge in [-0.1, -0.05) is 13.8 Å². The third-order valence-electron chi connectivity index (χ3n) is 2.38. The number of nitriles is 1. The van der Waals surface area contributed by atoms with E-state index in [1.807, 2.05) is 0 Å². The molecular weight excluding hydrogens is 245 g/mol. The van der Waals surface area contributed by atoms with Crippen LogP contribution in [0.2, 0.25) is 0 Å². The van der Waals surface area contributed by atoms with E-state index < -0.39 is 35.0 Å². The number of amides is 1. The monoisotopic (exact) mass is 256 g/mol. The first kappa shape index (κ1) is 14.0. The number of carbonyl (C=O) groups excluding carboxylic acids is 1. The lowest BCUT2D eigenvalue weighted by Gasteiger charge is -2.13. The number of nitrogens with one attached hydrogen (secondary N) is 1. The molecule has 0 saturated carbocycles. The Hall–Kier alpha value is -2.03. The Labute approximate surface area is 102 Å². The lowest BCUT2D eigenvalue weighted by Crippen LogP contribution is -2.26. The van der Waals surface area contributed by atoms with Crippen molar-refractivity contribution >= 4 is 11.6 Å². The van der Waals surface area contributed by atoms with Gasteiger partial charge in [0.05, 0.1) is 11.8 Å². The van der Waals surface area contributed by atoms with Crippen molar-refractivity contribution < 1.29 is 18.0 Å². The van der Waals surface area contributed by atoms with Gasteiger partial charge in [0.15, 0.2) is 17.5 Å². The molecule has 1 rings (SSSR count). The number of hydrogen-bond acceptors (Lipinski definition) is 2. The molecule has 0 aliphatic heterocycles. The second-order valence-electron chi connectivity index (χ2n) is 4.06. The molecule has 18 heavy (non-hydrogen) atoms. The third-order valence-corrected chi connectivity index (χ3v) is 2.38. The van der Waals surface area contributed by atoms with Crippen molar-refractivity contribution in [2.24, 2.45) is 11.8 Å². The molecule has 0 radical (unpaired) electrons. The zero-order valence-corrected chi connectivity index (χ0v) is 9.80. The number of benzene rings is 1. The molecule has 0 heterocycles. The van der Waals surface area contributed by atoms with Crippen LogP contribution in [-0.2, 0) is 4.79 Å². The van der Waals surface area contributed by atoms with Gasteiger partial charge in [0.1, 0.15) is 5.92 Å². The summed E-state index contributed by atoms with van der Waals surface area (Å²) >= 11 is 0. The fourth-order valence-corrected chi connectivity index (χ4v) is 1.34. The minimum Gasteiger partial charge on any atom is -0.322 e. The molecule has 1 unspecified atom stereocenters. The Morgan fingerprint density at radius 1 is 1.28 bits per heavy atom. The molecule has 0 spiro atoms. The minimum atomic E-state index is -1.66. The first-order valence-electron chi connectivity index (χ1n) is 5.22. The van der Waals surface area contributed by atoms with Crippen molar-refractivity contribution in [3.05, 3.63) is 29.6 Å². The first-order chi connectivity index (χ1) is 8.38. The maximum atomic E-state index is 13.3. The summed E-state index contributed by atoms with van der Waals surface area (Å²) in [7, 11) is 0. The highest BCUT2D eigenvalue weighted by molar-refractivity contribution is 5.94. The molecule has 0 aromatic heterocycles. The van der Waals surface area contributed by atoms with Gasteiger partial charge in [-0.15, -0.1) is 0 Å². The summed E-state index contributed by atoms with van der Waals surface area (Å²) in [4.78, 5) is 11.6. The van der Waals surface area contributed by atoms with Crippen LogP contribution in [0, 0.1) is 40.6 Å². The van der Waals surface area contributed by atoms with E-state index in [1.54, 1.807) is 19.9 Å². The van der Waals surface area contributed by atoms with Crippen LogP contribution in [0.15, 0.2) is 12.1 Å². The summed E-state index contributed by atoms with van der Waals surface area (Å²) in [5.41, 5.74) is -0.486. The Morgan fingerprint density at radius 2 is 1.89 bits per heavy atom. The molecule has 0 fully saturated rings. The van der Waals surface area contributed by atoms with Crippen LogP contribution in [0.4, 0.5) is 18.9 Å². The molecule has 0 aliphatic carbocycles. The van der Waals surface area contributed by atoms with Crippen molar-refractivity contribution in [1.29, 1.82) is 5.26 Å². The summed E-state index contributed by atoms with van der Waals surface area (Å²) in [6, 6.07) is 3.37. The zero-order valence-electron chi connectivity index (χ0n) is 9.80. The van der Waals surface area contributed by atoms with Crippen LogP contribution < -0.4 is 5.32 Å². The summed E-state index contributed by atoms with van der Waals surface area (Å²) in [5.74, 6) is -6.50. The van der Waals surface area contributed by atoms with Crippen LogP contribution in [0.3, 0.4) is 0 Å². The van der Waals surface area contributed by atoms with Gasteiger partial charge in [0, 0.05) is 0 Å². The Balaban J connectivity index is 2.96. The molecule has 6 heteroatoms. The molecule has 1 amide bonds. The van der Waals surface area contributed by atoms with Crippen LogP contribution in [0.5, 0.6) is 0 Å². The molecule has 0 saturated heterocycles. The second kappa shape index (κ2) is 5.54. The largest absolute Gasteiger partial charge is 0.322 e. The lowest BCUT2D eigenvalue weighted by molar-refractivity contribution is -0.119. The summed E-state index contributed by atoms with van der Waals surface area (Å²) in [6.07, 6.45) is 0. The van der Waals surface area contributed by atoms with Crippen molar-refractivity contribution in [2.45, 2.75) is 13.8 Å². The standard InChI is InChI=1S/C12H11F3N2O/c1-6(2)7(5-16)12(18)17-9-4-3-8(13)10(14)11(9)15/h3-4,6-7H,1-2H3,(H,17,18). The fourth-order valence-electron chi connectivity index (χ4n) is 1.34. The molecule has 0 aliphatic rings. The van der Waals surface area contributed by atoms with E-state index in [2.05, 4.69) is 5.32 Å². The van der Waals surface area contributed by atoms with E-state index in [-0.39, 0.29) is 5.92 Å². The van der Waals surface area contributed by atoms with Gasteiger partial charge in [-0.05, 0) is 18.1 Å². The maximum Gasteiger partial charge on any atom is 0.242 e. The van der Waals surface area contributed by atoms with Gasteiger partial charge >= 0.3 is 0 Å².